The average molecular weight is 351 g/mol. The molecule has 0 aliphatic carbocycles. The smallest absolute Gasteiger partial charge is 0.331 e. The van der Waals surface area contributed by atoms with E-state index in [2.05, 4.69) is 5.32 Å². The van der Waals surface area contributed by atoms with Crippen LogP contribution in [0.3, 0.4) is 0 Å². The molecule has 1 saturated heterocycles. The highest BCUT2D eigenvalue weighted by molar-refractivity contribution is 7.91. The second kappa shape index (κ2) is 7.17. The number of hydrogen-bond donors (Lipinski definition) is 1. The molecule has 6 nitrogen and oxygen atoms in total. The van der Waals surface area contributed by atoms with E-state index in [9.17, 15) is 18.0 Å². The molecule has 1 aliphatic rings. The van der Waals surface area contributed by atoms with Crippen molar-refractivity contribution in [3.63, 3.8) is 0 Å². The van der Waals surface area contributed by atoms with Gasteiger partial charge in [-0.2, -0.15) is 0 Å². The molecule has 0 aromatic heterocycles. The van der Waals surface area contributed by atoms with E-state index in [1.54, 1.807) is 13.0 Å². The molecule has 0 saturated carbocycles. The van der Waals surface area contributed by atoms with Crippen LogP contribution in [0.4, 0.5) is 0 Å². The Morgan fingerprint density at radius 2 is 2.04 bits per heavy atom. The normalized spacial score (nSPS) is 22.4. The first kappa shape index (κ1) is 18.2. The van der Waals surface area contributed by atoms with Crippen molar-refractivity contribution in [2.75, 3.05) is 18.1 Å². The van der Waals surface area contributed by atoms with E-state index < -0.39 is 33.9 Å². The van der Waals surface area contributed by atoms with Crippen LogP contribution in [0.15, 0.2) is 30.3 Å². The maximum atomic E-state index is 11.8. The number of benzene rings is 1. The zero-order valence-corrected chi connectivity index (χ0v) is 14.6. The lowest BCUT2D eigenvalue weighted by Crippen LogP contribution is -2.48. The van der Waals surface area contributed by atoms with Crippen molar-refractivity contribution < 1.29 is 22.7 Å². The van der Waals surface area contributed by atoms with Crippen molar-refractivity contribution in [3.05, 3.63) is 41.5 Å². The van der Waals surface area contributed by atoms with E-state index in [0.29, 0.717) is 6.42 Å². The van der Waals surface area contributed by atoms with Crippen LogP contribution in [0, 0.1) is 6.92 Å². The van der Waals surface area contributed by atoms with Crippen molar-refractivity contribution in [3.8, 4) is 0 Å². The first-order valence-electron chi connectivity index (χ1n) is 7.61. The summed E-state index contributed by atoms with van der Waals surface area (Å²) in [6.45, 7) is 3.16. The van der Waals surface area contributed by atoms with E-state index >= 15 is 0 Å². The second-order valence-corrected chi connectivity index (χ2v) is 8.43. The van der Waals surface area contributed by atoms with Gasteiger partial charge in [0, 0.05) is 6.08 Å². The Balaban J connectivity index is 1.82. The molecular weight excluding hydrogens is 330 g/mol. The Morgan fingerprint density at radius 1 is 1.33 bits per heavy atom. The van der Waals surface area contributed by atoms with E-state index in [-0.39, 0.29) is 11.5 Å². The maximum absolute atomic E-state index is 11.8. The van der Waals surface area contributed by atoms with Gasteiger partial charge in [-0.15, -0.1) is 0 Å². The molecule has 1 heterocycles. The highest BCUT2D eigenvalue weighted by Crippen LogP contribution is 2.22. The highest BCUT2D eigenvalue weighted by atomic mass is 32.2. The number of carbonyl (C=O) groups excluding carboxylic acids is 2. The number of nitrogens with one attached hydrogen (secondary N) is 1. The van der Waals surface area contributed by atoms with Crippen molar-refractivity contribution in [1.82, 2.24) is 5.32 Å². The van der Waals surface area contributed by atoms with Crippen molar-refractivity contribution >= 4 is 27.8 Å². The van der Waals surface area contributed by atoms with Crippen LogP contribution >= 0.6 is 0 Å². The first-order chi connectivity index (χ1) is 11.2. The molecule has 0 radical (unpaired) electrons. The number of esters is 1. The molecule has 24 heavy (non-hydrogen) atoms. The fraction of sp³-hybridized carbons (Fsp3) is 0.412. The van der Waals surface area contributed by atoms with Gasteiger partial charge in [0.25, 0.3) is 5.91 Å². The third-order valence-corrected chi connectivity index (χ3v) is 5.78. The number of amides is 1. The Labute approximate surface area is 141 Å². The van der Waals surface area contributed by atoms with Crippen molar-refractivity contribution in [1.29, 1.82) is 0 Å². The topological polar surface area (TPSA) is 89.5 Å². The minimum Gasteiger partial charge on any atom is -0.452 e. The Kier molecular flexibility index (Phi) is 5.43. The number of ether oxygens (including phenoxy) is 1. The third kappa shape index (κ3) is 5.19. The van der Waals surface area contributed by atoms with Gasteiger partial charge in [-0.3, -0.25) is 4.79 Å². The highest BCUT2D eigenvalue weighted by Gasteiger charge is 2.39. The summed E-state index contributed by atoms with van der Waals surface area (Å²) in [4.78, 5) is 23.5. The monoisotopic (exact) mass is 351 g/mol. The summed E-state index contributed by atoms with van der Waals surface area (Å²) >= 11 is 0. The summed E-state index contributed by atoms with van der Waals surface area (Å²) in [5.74, 6) is -1.17. The van der Waals surface area contributed by atoms with Crippen LogP contribution in [0.5, 0.6) is 0 Å². The van der Waals surface area contributed by atoms with Crippen LogP contribution in [0.2, 0.25) is 0 Å². The van der Waals surface area contributed by atoms with Crippen molar-refractivity contribution in [2.24, 2.45) is 0 Å². The fourth-order valence-corrected chi connectivity index (χ4v) is 4.69. The molecule has 1 N–H and O–H groups in total. The van der Waals surface area contributed by atoms with E-state index in [1.807, 2.05) is 31.2 Å². The molecule has 0 unspecified atom stereocenters. The van der Waals surface area contributed by atoms with Gasteiger partial charge < -0.3 is 10.1 Å². The summed E-state index contributed by atoms with van der Waals surface area (Å²) in [5, 5.41) is 2.63. The number of aryl methyl sites for hydroxylation is 1. The largest absolute Gasteiger partial charge is 0.452 e. The Morgan fingerprint density at radius 3 is 2.67 bits per heavy atom. The zero-order valence-electron chi connectivity index (χ0n) is 13.7. The lowest BCUT2D eigenvalue weighted by Gasteiger charge is -2.23. The molecule has 1 amide bonds. The van der Waals surface area contributed by atoms with Gasteiger partial charge in [-0.1, -0.05) is 24.3 Å². The van der Waals surface area contributed by atoms with Gasteiger partial charge in [0.2, 0.25) is 0 Å². The van der Waals surface area contributed by atoms with Crippen LogP contribution in [0.1, 0.15) is 24.5 Å². The lowest BCUT2D eigenvalue weighted by molar-refractivity contribution is -0.144. The zero-order chi connectivity index (χ0) is 17.8. The van der Waals surface area contributed by atoms with Gasteiger partial charge in [0.15, 0.2) is 16.4 Å². The standard InChI is InChI=1S/C17H21NO5S/c1-13-5-3-4-6-14(13)7-8-16(20)23-11-15(19)18-17(2)9-10-24(21,22)12-17/h3-8H,9-12H2,1-2H3,(H,18,19)/b8-7+/t17-/m1/s1. The number of rotatable bonds is 5. The van der Waals surface area contributed by atoms with Gasteiger partial charge in [0.05, 0.1) is 17.0 Å². The SMILES string of the molecule is Cc1ccccc1/C=C/C(=O)OCC(=O)N[C@]1(C)CCS(=O)(=O)C1. The lowest BCUT2D eigenvalue weighted by atomic mass is 10.0. The molecule has 0 bridgehead atoms. The van der Waals surface area contributed by atoms with E-state index in [1.165, 1.54) is 6.08 Å². The quantitative estimate of drug-likeness (QED) is 0.637. The molecule has 130 valence electrons. The number of sulfone groups is 1. The Bertz CT molecular complexity index is 769. The second-order valence-electron chi connectivity index (χ2n) is 6.25. The van der Waals surface area contributed by atoms with Gasteiger partial charge >= 0.3 is 5.97 Å². The molecule has 0 spiro atoms. The minimum absolute atomic E-state index is 0.0583. The number of carbonyl (C=O) groups is 2. The van der Waals surface area contributed by atoms with Crippen LogP contribution in [-0.2, 0) is 24.2 Å². The molecule has 7 heteroatoms. The van der Waals surface area contributed by atoms with Crippen molar-refractivity contribution in [2.45, 2.75) is 25.8 Å². The number of hydrogen-bond acceptors (Lipinski definition) is 5. The van der Waals surface area contributed by atoms with Crippen LogP contribution in [-0.4, -0.2) is 43.9 Å². The molecule has 1 aromatic rings. The Hall–Kier alpha value is -2.15. The van der Waals surface area contributed by atoms with E-state index in [4.69, 9.17) is 4.74 Å². The third-order valence-electron chi connectivity index (χ3n) is 3.88. The van der Waals surface area contributed by atoms with E-state index in [0.717, 1.165) is 11.1 Å². The van der Waals surface area contributed by atoms with Gasteiger partial charge in [0.1, 0.15) is 0 Å². The van der Waals surface area contributed by atoms with Crippen LogP contribution in [0.25, 0.3) is 6.08 Å². The maximum Gasteiger partial charge on any atom is 0.331 e. The molecule has 1 atom stereocenters. The summed E-state index contributed by atoms with van der Waals surface area (Å²) in [6.07, 6.45) is 3.25. The minimum atomic E-state index is -3.11. The summed E-state index contributed by atoms with van der Waals surface area (Å²) in [5.41, 5.74) is 1.12. The fourth-order valence-electron chi connectivity index (χ4n) is 2.60. The van der Waals surface area contributed by atoms with Crippen LogP contribution < -0.4 is 5.32 Å². The molecule has 1 fully saturated rings. The van der Waals surface area contributed by atoms with Gasteiger partial charge in [-0.05, 0) is 37.5 Å². The molecule has 2 rings (SSSR count). The van der Waals surface area contributed by atoms with Gasteiger partial charge in [-0.25, -0.2) is 13.2 Å². The predicted octanol–water partition coefficient (Wildman–Crippen LogP) is 1.24. The summed E-state index contributed by atoms with van der Waals surface area (Å²) in [6, 6.07) is 7.56. The summed E-state index contributed by atoms with van der Waals surface area (Å²) < 4.78 is 27.9. The molecule has 1 aromatic carbocycles. The predicted molar refractivity (Wildman–Crippen MR) is 91.0 cm³/mol. The molecule has 1 aliphatic heterocycles. The average Bonchev–Trinajstić information content (AvgIpc) is 2.77. The summed E-state index contributed by atoms with van der Waals surface area (Å²) in [7, 11) is -3.11. The first-order valence-corrected chi connectivity index (χ1v) is 9.43. The molecular formula is C17H21NO5S.